The number of methoxy groups -OCH3 is 1. The lowest BCUT2D eigenvalue weighted by Crippen LogP contribution is -2.15. The molecule has 0 saturated heterocycles. The van der Waals surface area contributed by atoms with Gasteiger partial charge in [-0.3, -0.25) is 0 Å². The van der Waals surface area contributed by atoms with Gasteiger partial charge in [0.15, 0.2) is 6.79 Å². The first-order valence-corrected chi connectivity index (χ1v) is 5.42. The van der Waals surface area contributed by atoms with Gasteiger partial charge in [0.1, 0.15) is 11.6 Å². The van der Waals surface area contributed by atoms with Gasteiger partial charge in [-0.25, -0.2) is 4.39 Å². The highest BCUT2D eigenvalue weighted by molar-refractivity contribution is 5.29. The van der Waals surface area contributed by atoms with Crippen LogP contribution in [0.4, 0.5) is 4.39 Å². The minimum Gasteiger partial charge on any atom is -0.467 e. The number of hydrogen-bond donors (Lipinski definition) is 1. The summed E-state index contributed by atoms with van der Waals surface area (Å²) in [5, 5.41) is 3.33. The molecule has 0 aliphatic heterocycles. The fourth-order valence-corrected chi connectivity index (χ4v) is 1.48. The van der Waals surface area contributed by atoms with Crippen molar-refractivity contribution in [3.8, 4) is 5.75 Å². The van der Waals surface area contributed by atoms with Crippen molar-refractivity contribution < 1.29 is 13.9 Å². The number of hydrogen-bond acceptors (Lipinski definition) is 3. The summed E-state index contributed by atoms with van der Waals surface area (Å²) in [6.45, 7) is 0.824. The topological polar surface area (TPSA) is 30.5 Å². The molecule has 0 unspecified atom stereocenters. The van der Waals surface area contributed by atoms with E-state index in [9.17, 15) is 4.39 Å². The first-order chi connectivity index (χ1) is 7.78. The van der Waals surface area contributed by atoms with Gasteiger partial charge in [-0.2, -0.15) is 0 Å². The molecule has 2 rings (SSSR count). The SMILES string of the molecule is COCOc1cc(F)cc(CNC2CC2)c1. The van der Waals surface area contributed by atoms with Crippen LogP contribution in [-0.4, -0.2) is 19.9 Å². The van der Waals surface area contributed by atoms with Crippen LogP contribution in [0.15, 0.2) is 18.2 Å². The van der Waals surface area contributed by atoms with Crippen molar-refractivity contribution >= 4 is 0 Å². The Morgan fingerprint density at radius 2 is 2.19 bits per heavy atom. The Hall–Kier alpha value is -1.13. The van der Waals surface area contributed by atoms with E-state index in [1.807, 2.05) is 6.07 Å². The molecule has 1 aliphatic carbocycles. The summed E-state index contributed by atoms with van der Waals surface area (Å²) in [5.74, 6) is 0.232. The average Bonchev–Trinajstić information content (AvgIpc) is 3.07. The van der Waals surface area contributed by atoms with Crippen molar-refractivity contribution in [2.24, 2.45) is 0 Å². The minimum absolute atomic E-state index is 0.138. The number of rotatable bonds is 6. The van der Waals surface area contributed by atoms with Gasteiger partial charge in [-0.1, -0.05) is 0 Å². The monoisotopic (exact) mass is 225 g/mol. The molecule has 3 nitrogen and oxygen atoms in total. The maximum Gasteiger partial charge on any atom is 0.188 e. The van der Waals surface area contributed by atoms with E-state index in [0.29, 0.717) is 18.3 Å². The van der Waals surface area contributed by atoms with E-state index in [1.165, 1.54) is 32.1 Å². The molecule has 0 atom stereocenters. The van der Waals surface area contributed by atoms with Crippen LogP contribution in [0.1, 0.15) is 18.4 Å². The van der Waals surface area contributed by atoms with Gasteiger partial charge in [-0.15, -0.1) is 0 Å². The summed E-state index contributed by atoms with van der Waals surface area (Å²) >= 11 is 0. The van der Waals surface area contributed by atoms with Crippen molar-refractivity contribution in [1.29, 1.82) is 0 Å². The number of halogens is 1. The molecule has 1 aliphatic rings. The van der Waals surface area contributed by atoms with E-state index >= 15 is 0 Å². The fraction of sp³-hybridized carbons (Fsp3) is 0.500. The van der Waals surface area contributed by atoms with Gasteiger partial charge in [0, 0.05) is 25.8 Å². The molecule has 0 amide bonds. The third kappa shape index (κ3) is 3.47. The second-order valence-electron chi connectivity index (χ2n) is 4.00. The van der Waals surface area contributed by atoms with Crippen LogP contribution in [0.3, 0.4) is 0 Å². The standard InChI is InChI=1S/C12H16FNO2/c1-15-8-16-12-5-9(4-10(13)6-12)7-14-11-2-3-11/h4-6,11,14H,2-3,7-8H2,1H3. The van der Waals surface area contributed by atoms with Crippen LogP contribution in [0, 0.1) is 5.82 Å². The highest BCUT2D eigenvalue weighted by atomic mass is 19.1. The van der Waals surface area contributed by atoms with E-state index < -0.39 is 0 Å². The Morgan fingerprint density at radius 3 is 2.88 bits per heavy atom. The lowest BCUT2D eigenvalue weighted by Gasteiger charge is -2.08. The van der Waals surface area contributed by atoms with Crippen molar-refractivity contribution in [2.75, 3.05) is 13.9 Å². The van der Waals surface area contributed by atoms with E-state index in [2.05, 4.69) is 5.32 Å². The fourth-order valence-electron chi connectivity index (χ4n) is 1.48. The maximum absolute atomic E-state index is 13.2. The molecule has 1 saturated carbocycles. The summed E-state index contributed by atoms with van der Waals surface area (Å²) in [6, 6.07) is 5.33. The predicted octanol–water partition coefficient (Wildman–Crippen LogP) is 2.06. The quantitative estimate of drug-likeness (QED) is 0.752. The highest BCUT2D eigenvalue weighted by Gasteiger charge is 2.20. The molecule has 0 heterocycles. The van der Waals surface area contributed by atoms with E-state index in [0.717, 1.165) is 5.56 Å². The molecule has 0 bridgehead atoms. The summed E-state index contributed by atoms with van der Waals surface area (Å²) in [6.07, 6.45) is 2.45. The Morgan fingerprint density at radius 1 is 1.38 bits per heavy atom. The van der Waals surface area contributed by atoms with Crippen LogP contribution < -0.4 is 10.1 Å². The lowest BCUT2D eigenvalue weighted by atomic mass is 10.2. The number of ether oxygens (including phenoxy) is 2. The number of nitrogens with one attached hydrogen (secondary N) is 1. The molecule has 0 spiro atoms. The molecular weight excluding hydrogens is 209 g/mol. The van der Waals surface area contributed by atoms with Crippen molar-refractivity contribution in [3.63, 3.8) is 0 Å². The molecule has 1 aromatic rings. The van der Waals surface area contributed by atoms with Crippen molar-refractivity contribution in [2.45, 2.75) is 25.4 Å². The molecule has 1 N–H and O–H groups in total. The molecule has 16 heavy (non-hydrogen) atoms. The summed E-state index contributed by atoms with van der Waals surface area (Å²) in [4.78, 5) is 0. The summed E-state index contributed by atoms with van der Waals surface area (Å²) < 4.78 is 23.2. The summed E-state index contributed by atoms with van der Waals surface area (Å²) in [7, 11) is 1.54. The van der Waals surface area contributed by atoms with E-state index in [-0.39, 0.29) is 12.6 Å². The number of benzene rings is 1. The van der Waals surface area contributed by atoms with Crippen LogP contribution in [0.5, 0.6) is 5.75 Å². The zero-order valence-electron chi connectivity index (χ0n) is 9.33. The average molecular weight is 225 g/mol. The molecule has 1 aromatic carbocycles. The van der Waals surface area contributed by atoms with Crippen molar-refractivity contribution in [1.82, 2.24) is 5.32 Å². The zero-order chi connectivity index (χ0) is 11.4. The van der Waals surface area contributed by atoms with Gasteiger partial charge >= 0.3 is 0 Å². The third-order valence-electron chi connectivity index (χ3n) is 2.45. The first-order valence-electron chi connectivity index (χ1n) is 5.42. The molecule has 88 valence electrons. The molecule has 4 heteroatoms. The molecule has 1 fully saturated rings. The molecule has 0 radical (unpaired) electrons. The zero-order valence-corrected chi connectivity index (χ0v) is 9.33. The van der Waals surface area contributed by atoms with Gasteiger partial charge in [0.25, 0.3) is 0 Å². The third-order valence-corrected chi connectivity index (χ3v) is 2.45. The Bertz CT molecular complexity index is 353. The normalized spacial score (nSPS) is 15.1. The maximum atomic E-state index is 13.2. The first kappa shape index (κ1) is 11.4. The van der Waals surface area contributed by atoms with Crippen LogP contribution >= 0.6 is 0 Å². The predicted molar refractivity (Wildman–Crippen MR) is 58.8 cm³/mol. The van der Waals surface area contributed by atoms with Gasteiger partial charge < -0.3 is 14.8 Å². The second-order valence-corrected chi connectivity index (χ2v) is 4.00. The highest BCUT2D eigenvalue weighted by Crippen LogP contribution is 2.21. The molecular formula is C12H16FNO2. The van der Waals surface area contributed by atoms with Gasteiger partial charge in [0.05, 0.1) is 0 Å². The summed E-state index contributed by atoms with van der Waals surface area (Å²) in [5.41, 5.74) is 0.901. The lowest BCUT2D eigenvalue weighted by molar-refractivity contribution is 0.0508. The minimum atomic E-state index is -0.277. The Kier molecular flexibility index (Phi) is 3.74. The Balaban J connectivity index is 1.96. The Labute approximate surface area is 94.6 Å². The van der Waals surface area contributed by atoms with Gasteiger partial charge in [0.2, 0.25) is 0 Å². The van der Waals surface area contributed by atoms with Crippen LogP contribution in [-0.2, 0) is 11.3 Å². The van der Waals surface area contributed by atoms with Crippen molar-refractivity contribution in [3.05, 3.63) is 29.6 Å². The van der Waals surface area contributed by atoms with Gasteiger partial charge in [-0.05, 0) is 30.5 Å². The van der Waals surface area contributed by atoms with E-state index in [1.54, 1.807) is 0 Å². The van der Waals surface area contributed by atoms with E-state index in [4.69, 9.17) is 9.47 Å². The second kappa shape index (κ2) is 5.27. The molecule has 0 aromatic heterocycles. The van der Waals surface area contributed by atoms with Crippen LogP contribution in [0.2, 0.25) is 0 Å². The van der Waals surface area contributed by atoms with Crippen LogP contribution in [0.25, 0.3) is 0 Å². The smallest absolute Gasteiger partial charge is 0.188 e. The largest absolute Gasteiger partial charge is 0.467 e.